The smallest absolute Gasteiger partial charge is 0.129 e. The van der Waals surface area contributed by atoms with Crippen molar-refractivity contribution in [1.29, 1.82) is 10.8 Å². The van der Waals surface area contributed by atoms with Crippen molar-refractivity contribution < 1.29 is 0 Å². The molecule has 2 heterocycles. The lowest BCUT2D eigenvalue weighted by Gasteiger charge is -2.21. The molecule has 0 radical (unpaired) electrons. The Balaban J connectivity index is 2.12. The van der Waals surface area contributed by atoms with Gasteiger partial charge < -0.3 is 5.73 Å². The first-order valence-electron chi connectivity index (χ1n) is 8.48. The number of hydrogen-bond acceptors (Lipinski definition) is 5. The van der Waals surface area contributed by atoms with Crippen LogP contribution in [0, 0.1) is 24.7 Å². The van der Waals surface area contributed by atoms with Gasteiger partial charge in [0, 0.05) is 22.5 Å². The van der Waals surface area contributed by atoms with Crippen LogP contribution in [-0.2, 0) is 0 Å². The molecule has 0 saturated heterocycles. The van der Waals surface area contributed by atoms with Gasteiger partial charge in [-0.05, 0) is 31.9 Å². The molecule has 0 atom stereocenters. The molecule has 1 aliphatic rings. The van der Waals surface area contributed by atoms with E-state index in [1.807, 2.05) is 24.3 Å². The number of thiophene rings is 1. The van der Waals surface area contributed by atoms with E-state index in [1.165, 1.54) is 4.88 Å². The van der Waals surface area contributed by atoms with E-state index >= 15 is 0 Å². The average Bonchev–Trinajstić information content (AvgIpc) is 2.81. The highest BCUT2D eigenvalue weighted by Gasteiger charge is 2.28. The number of rotatable bonds is 3. The number of anilines is 1. The van der Waals surface area contributed by atoms with Crippen LogP contribution in [0.3, 0.4) is 0 Å². The van der Waals surface area contributed by atoms with Crippen molar-refractivity contribution >= 4 is 39.8 Å². The minimum absolute atomic E-state index is 0.264. The summed E-state index contributed by atoms with van der Waals surface area (Å²) in [5.74, 6) is 0.675. The number of nitrogens with two attached hydrogens (primary N) is 1. The van der Waals surface area contributed by atoms with E-state index in [2.05, 4.69) is 26.0 Å². The molecule has 5 nitrogen and oxygen atoms in total. The lowest BCUT2D eigenvalue weighted by Crippen LogP contribution is -2.35. The van der Waals surface area contributed by atoms with E-state index in [9.17, 15) is 0 Å². The summed E-state index contributed by atoms with van der Waals surface area (Å²) in [7, 11) is 0. The second kappa shape index (κ2) is 7.35. The Labute approximate surface area is 157 Å². The summed E-state index contributed by atoms with van der Waals surface area (Å²) in [5.41, 5.74) is 10.7. The van der Waals surface area contributed by atoms with Crippen LogP contribution in [0.15, 0.2) is 35.3 Å². The SMILES string of the molecule is CC(=N)N1C(=N)CN=C(c2ccc(/C=C/CN)cc2)c2c1sc(C)c2C. The molecule has 6 heteroatoms. The minimum atomic E-state index is 0.264. The minimum Gasteiger partial charge on any atom is -0.327 e. The highest BCUT2D eigenvalue weighted by molar-refractivity contribution is 7.17. The largest absolute Gasteiger partial charge is 0.327 e. The van der Waals surface area contributed by atoms with Crippen molar-refractivity contribution in [3.63, 3.8) is 0 Å². The zero-order valence-electron chi connectivity index (χ0n) is 15.3. The van der Waals surface area contributed by atoms with Gasteiger partial charge in [-0.1, -0.05) is 36.4 Å². The fourth-order valence-electron chi connectivity index (χ4n) is 3.02. The van der Waals surface area contributed by atoms with Gasteiger partial charge in [-0.15, -0.1) is 11.3 Å². The van der Waals surface area contributed by atoms with Gasteiger partial charge in [0.25, 0.3) is 0 Å². The zero-order valence-corrected chi connectivity index (χ0v) is 16.1. The van der Waals surface area contributed by atoms with Crippen LogP contribution in [-0.4, -0.2) is 30.5 Å². The van der Waals surface area contributed by atoms with E-state index in [0.29, 0.717) is 18.2 Å². The molecule has 0 bridgehead atoms. The summed E-state index contributed by atoms with van der Waals surface area (Å²) in [6.45, 7) is 6.66. The van der Waals surface area contributed by atoms with Crippen LogP contribution in [0.1, 0.15) is 34.1 Å². The van der Waals surface area contributed by atoms with Crippen molar-refractivity contribution in [2.75, 3.05) is 18.0 Å². The molecule has 0 spiro atoms. The van der Waals surface area contributed by atoms with Crippen LogP contribution >= 0.6 is 11.3 Å². The molecule has 1 aliphatic heterocycles. The Morgan fingerprint density at radius 1 is 1.31 bits per heavy atom. The van der Waals surface area contributed by atoms with Crippen LogP contribution in [0.4, 0.5) is 5.00 Å². The molecule has 0 aliphatic carbocycles. The monoisotopic (exact) mass is 365 g/mol. The molecule has 4 N–H and O–H groups in total. The molecule has 0 unspecified atom stereocenters. The number of benzene rings is 1. The second-order valence-corrected chi connectivity index (χ2v) is 7.46. The highest BCUT2D eigenvalue weighted by atomic mass is 32.1. The second-order valence-electron chi connectivity index (χ2n) is 6.26. The zero-order chi connectivity index (χ0) is 18.8. The van der Waals surface area contributed by atoms with Gasteiger partial charge >= 0.3 is 0 Å². The van der Waals surface area contributed by atoms with E-state index in [-0.39, 0.29) is 6.54 Å². The lowest BCUT2D eigenvalue weighted by molar-refractivity contribution is 1.20. The van der Waals surface area contributed by atoms with Gasteiger partial charge in [0.2, 0.25) is 0 Å². The van der Waals surface area contributed by atoms with Gasteiger partial charge in [-0.25, -0.2) is 0 Å². The first-order chi connectivity index (χ1) is 12.4. The first kappa shape index (κ1) is 18.2. The number of amidine groups is 2. The number of fused-ring (bicyclic) bond motifs is 1. The van der Waals surface area contributed by atoms with Crippen molar-refractivity contribution in [2.24, 2.45) is 10.7 Å². The Hall–Kier alpha value is -2.57. The predicted octanol–water partition coefficient (Wildman–Crippen LogP) is 3.97. The van der Waals surface area contributed by atoms with Crippen LogP contribution in [0.2, 0.25) is 0 Å². The maximum atomic E-state index is 8.35. The van der Waals surface area contributed by atoms with Gasteiger partial charge in [0.05, 0.1) is 12.3 Å². The van der Waals surface area contributed by atoms with Gasteiger partial charge in [-0.2, -0.15) is 0 Å². The van der Waals surface area contributed by atoms with Crippen molar-refractivity contribution in [2.45, 2.75) is 20.8 Å². The van der Waals surface area contributed by atoms with Crippen LogP contribution in [0.25, 0.3) is 6.08 Å². The Morgan fingerprint density at radius 2 is 2.00 bits per heavy atom. The summed E-state index contributed by atoms with van der Waals surface area (Å²) in [6, 6.07) is 8.21. The van der Waals surface area contributed by atoms with Gasteiger partial charge in [0.1, 0.15) is 16.7 Å². The molecule has 0 amide bonds. The molecule has 3 rings (SSSR count). The van der Waals surface area contributed by atoms with Crippen LogP contribution < -0.4 is 10.6 Å². The maximum absolute atomic E-state index is 8.35. The number of nitrogens with one attached hydrogen (secondary N) is 2. The number of aryl methyl sites for hydroxylation is 1. The average molecular weight is 366 g/mol. The topological polar surface area (TPSA) is 89.3 Å². The van der Waals surface area contributed by atoms with Crippen LogP contribution in [0.5, 0.6) is 0 Å². The molecular weight excluding hydrogens is 342 g/mol. The quantitative estimate of drug-likeness (QED) is 0.567. The fraction of sp³-hybridized carbons (Fsp3) is 0.250. The van der Waals surface area contributed by atoms with Gasteiger partial charge in [0.15, 0.2) is 0 Å². The van der Waals surface area contributed by atoms with E-state index < -0.39 is 0 Å². The molecule has 2 aromatic rings. The van der Waals surface area contributed by atoms with Crippen molar-refractivity contribution in [3.05, 3.63) is 57.5 Å². The molecular formula is C20H23N5S. The predicted molar refractivity (Wildman–Crippen MR) is 112 cm³/mol. The van der Waals surface area contributed by atoms with Crippen molar-refractivity contribution in [1.82, 2.24) is 0 Å². The third-order valence-electron chi connectivity index (χ3n) is 4.43. The van der Waals surface area contributed by atoms with Gasteiger partial charge in [-0.3, -0.25) is 20.7 Å². The normalized spacial score (nSPS) is 14.4. The van der Waals surface area contributed by atoms with Crippen molar-refractivity contribution in [3.8, 4) is 0 Å². The summed E-state index contributed by atoms with van der Waals surface area (Å²) in [4.78, 5) is 7.63. The third-order valence-corrected chi connectivity index (χ3v) is 5.62. The van der Waals surface area contributed by atoms with E-state index in [0.717, 1.165) is 33.0 Å². The molecule has 0 saturated carbocycles. The number of aliphatic imine (C=N–C) groups is 1. The summed E-state index contributed by atoms with van der Waals surface area (Å²) < 4.78 is 0. The van der Waals surface area contributed by atoms with E-state index in [4.69, 9.17) is 21.5 Å². The lowest BCUT2D eigenvalue weighted by atomic mass is 9.98. The Kier molecular flexibility index (Phi) is 5.15. The molecule has 134 valence electrons. The summed E-state index contributed by atoms with van der Waals surface area (Å²) in [6.07, 6.45) is 3.93. The third kappa shape index (κ3) is 3.25. The molecule has 1 aromatic carbocycles. The first-order valence-corrected chi connectivity index (χ1v) is 9.30. The molecule has 0 fully saturated rings. The highest BCUT2D eigenvalue weighted by Crippen LogP contribution is 2.38. The molecule has 1 aromatic heterocycles. The fourth-order valence-corrected chi connectivity index (χ4v) is 4.25. The maximum Gasteiger partial charge on any atom is 0.129 e. The molecule has 26 heavy (non-hydrogen) atoms. The van der Waals surface area contributed by atoms with E-state index in [1.54, 1.807) is 23.2 Å². The number of nitrogens with zero attached hydrogens (tertiary/aromatic N) is 2. The Morgan fingerprint density at radius 3 is 2.62 bits per heavy atom. The number of hydrogen-bond donors (Lipinski definition) is 3. The standard InChI is InChI=1S/C20H23N5S/c1-12-13(2)26-20-18(12)19(24-11-17(23)25(20)14(3)22)16-8-6-15(7-9-16)5-4-10-21/h4-9,22-23H,10-11,21H2,1-3H3/b5-4+,22-14?,23-17?. The Bertz CT molecular complexity index is 918. The summed E-state index contributed by atoms with van der Waals surface area (Å²) in [5, 5.41) is 17.4. The summed E-state index contributed by atoms with van der Waals surface area (Å²) >= 11 is 1.62.